The number of carbonyl (C=O) groups excluding carboxylic acids is 1. The lowest BCUT2D eigenvalue weighted by atomic mass is 10.1. The lowest BCUT2D eigenvalue weighted by Crippen LogP contribution is -2.13. The number of anilines is 1. The number of carbonyl (C=O) groups is 1. The summed E-state index contributed by atoms with van der Waals surface area (Å²) in [5.74, 6) is -0.188. The van der Waals surface area contributed by atoms with E-state index in [0.717, 1.165) is 14.8 Å². The summed E-state index contributed by atoms with van der Waals surface area (Å²) in [6, 6.07) is 12.8. The van der Waals surface area contributed by atoms with E-state index >= 15 is 0 Å². The minimum atomic E-state index is -0.188. The van der Waals surface area contributed by atoms with Gasteiger partial charge >= 0.3 is 0 Å². The number of methoxy groups -OCH3 is 1. The maximum absolute atomic E-state index is 12.2. The van der Waals surface area contributed by atoms with Crippen molar-refractivity contribution in [2.45, 2.75) is 6.61 Å². The topological polar surface area (TPSA) is 38.3 Å². The number of hydrogen-bond acceptors (Lipinski definition) is 2. The molecule has 2 aromatic rings. The average molecular weight is 402 g/mol. The zero-order chi connectivity index (χ0) is 14.5. The quantitative estimate of drug-likeness (QED) is 0.774. The van der Waals surface area contributed by atoms with Gasteiger partial charge in [-0.05, 0) is 46.9 Å². The van der Waals surface area contributed by atoms with Crippen molar-refractivity contribution in [3.8, 4) is 0 Å². The van der Waals surface area contributed by atoms with Gasteiger partial charge in [-0.15, -0.1) is 0 Å². The van der Waals surface area contributed by atoms with Gasteiger partial charge in [0, 0.05) is 27.5 Å². The highest BCUT2D eigenvalue weighted by atomic mass is 127. The molecule has 0 radical (unpaired) electrons. The van der Waals surface area contributed by atoms with Crippen LogP contribution in [0.3, 0.4) is 0 Å². The first-order valence-electron chi connectivity index (χ1n) is 5.95. The first-order valence-corrected chi connectivity index (χ1v) is 7.40. The zero-order valence-corrected chi connectivity index (χ0v) is 13.7. The van der Waals surface area contributed by atoms with Crippen LogP contribution in [0.25, 0.3) is 0 Å². The van der Waals surface area contributed by atoms with Gasteiger partial charge < -0.3 is 10.1 Å². The second-order valence-corrected chi connectivity index (χ2v) is 5.74. The highest BCUT2D eigenvalue weighted by Gasteiger charge is 2.10. The summed E-state index contributed by atoms with van der Waals surface area (Å²) in [4.78, 5) is 12.2. The molecule has 20 heavy (non-hydrogen) atoms. The molecule has 2 rings (SSSR count). The Balaban J connectivity index is 2.21. The van der Waals surface area contributed by atoms with Crippen LogP contribution in [0.4, 0.5) is 5.69 Å². The fourth-order valence-electron chi connectivity index (χ4n) is 1.76. The van der Waals surface area contributed by atoms with E-state index in [-0.39, 0.29) is 5.91 Å². The summed E-state index contributed by atoms with van der Waals surface area (Å²) in [6.07, 6.45) is 0. The lowest BCUT2D eigenvalue weighted by molar-refractivity contribution is 0.102. The van der Waals surface area contributed by atoms with Crippen molar-refractivity contribution in [2.75, 3.05) is 12.4 Å². The largest absolute Gasteiger partial charge is 0.380 e. The third kappa shape index (κ3) is 3.71. The van der Waals surface area contributed by atoms with E-state index in [4.69, 9.17) is 16.3 Å². The van der Waals surface area contributed by atoms with Gasteiger partial charge in [0.25, 0.3) is 5.91 Å². The molecule has 0 aliphatic heterocycles. The van der Waals surface area contributed by atoms with Crippen LogP contribution in [-0.2, 0) is 11.3 Å². The molecule has 0 aromatic heterocycles. The van der Waals surface area contributed by atoms with E-state index in [1.807, 2.05) is 30.3 Å². The van der Waals surface area contributed by atoms with Gasteiger partial charge in [-0.3, -0.25) is 4.79 Å². The number of benzene rings is 2. The first-order chi connectivity index (χ1) is 9.61. The minimum absolute atomic E-state index is 0.188. The summed E-state index contributed by atoms with van der Waals surface area (Å²) < 4.78 is 6.03. The van der Waals surface area contributed by atoms with Crippen molar-refractivity contribution in [2.24, 2.45) is 0 Å². The van der Waals surface area contributed by atoms with E-state index in [0.29, 0.717) is 17.2 Å². The summed E-state index contributed by atoms with van der Waals surface area (Å²) in [5, 5.41) is 3.45. The minimum Gasteiger partial charge on any atom is -0.380 e. The Morgan fingerprint density at radius 2 is 2.05 bits per heavy atom. The number of amides is 1. The van der Waals surface area contributed by atoms with Crippen molar-refractivity contribution < 1.29 is 9.53 Å². The monoisotopic (exact) mass is 401 g/mol. The molecule has 0 aliphatic rings. The molecule has 1 amide bonds. The maximum atomic E-state index is 12.2. The third-order valence-corrected chi connectivity index (χ3v) is 4.32. The van der Waals surface area contributed by atoms with Gasteiger partial charge in [-0.1, -0.05) is 29.8 Å². The summed E-state index contributed by atoms with van der Waals surface area (Å²) in [5.41, 5.74) is 2.21. The Hall–Kier alpha value is -1.11. The Kier molecular flexibility index (Phi) is 5.39. The Labute approximate surface area is 136 Å². The smallest absolute Gasteiger partial charge is 0.255 e. The normalized spacial score (nSPS) is 10.3. The standard InChI is InChI=1S/C15H13ClINO2/c1-20-9-11-4-2-3-5-14(11)18-15(19)10-6-7-13(17)12(16)8-10/h2-8H,9H2,1H3,(H,18,19). The first kappa shape index (κ1) is 15.3. The van der Waals surface area contributed by atoms with Crippen molar-refractivity contribution in [1.29, 1.82) is 0 Å². The van der Waals surface area contributed by atoms with Crippen LogP contribution in [0, 0.1) is 3.57 Å². The van der Waals surface area contributed by atoms with Crippen LogP contribution in [0.1, 0.15) is 15.9 Å². The van der Waals surface area contributed by atoms with Gasteiger partial charge in [0.1, 0.15) is 0 Å². The molecule has 0 unspecified atom stereocenters. The van der Waals surface area contributed by atoms with Crippen LogP contribution >= 0.6 is 34.2 Å². The Morgan fingerprint density at radius 1 is 1.30 bits per heavy atom. The van der Waals surface area contributed by atoms with Crippen molar-refractivity contribution in [3.05, 3.63) is 62.2 Å². The van der Waals surface area contributed by atoms with Crippen LogP contribution < -0.4 is 5.32 Å². The van der Waals surface area contributed by atoms with Gasteiger partial charge in [-0.25, -0.2) is 0 Å². The van der Waals surface area contributed by atoms with Gasteiger partial charge in [0.05, 0.1) is 11.6 Å². The Morgan fingerprint density at radius 3 is 2.75 bits per heavy atom. The molecule has 0 atom stereocenters. The predicted octanol–water partition coefficient (Wildman–Crippen LogP) is 4.34. The van der Waals surface area contributed by atoms with Crippen molar-refractivity contribution >= 4 is 45.8 Å². The molecule has 5 heteroatoms. The summed E-state index contributed by atoms with van der Waals surface area (Å²) in [6.45, 7) is 0.448. The molecular weight excluding hydrogens is 389 g/mol. The molecule has 1 N–H and O–H groups in total. The number of para-hydroxylation sites is 1. The highest BCUT2D eigenvalue weighted by molar-refractivity contribution is 14.1. The molecule has 0 bridgehead atoms. The highest BCUT2D eigenvalue weighted by Crippen LogP contribution is 2.21. The van der Waals surface area contributed by atoms with E-state index in [1.54, 1.807) is 19.2 Å². The SMILES string of the molecule is COCc1ccccc1NC(=O)c1ccc(I)c(Cl)c1. The molecule has 0 heterocycles. The van der Waals surface area contributed by atoms with E-state index < -0.39 is 0 Å². The lowest BCUT2D eigenvalue weighted by Gasteiger charge is -2.10. The van der Waals surface area contributed by atoms with E-state index in [9.17, 15) is 4.79 Å². The number of hydrogen-bond donors (Lipinski definition) is 1. The molecule has 0 saturated heterocycles. The molecule has 104 valence electrons. The Bertz CT molecular complexity index is 631. The van der Waals surface area contributed by atoms with Crippen LogP contribution in [0.5, 0.6) is 0 Å². The second kappa shape index (κ2) is 7.06. The maximum Gasteiger partial charge on any atom is 0.255 e. The van der Waals surface area contributed by atoms with Gasteiger partial charge in [0.15, 0.2) is 0 Å². The van der Waals surface area contributed by atoms with Crippen LogP contribution in [-0.4, -0.2) is 13.0 Å². The summed E-state index contributed by atoms with van der Waals surface area (Å²) in [7, 11) is 1.62. The molecule has 0 fully saturated rings. The third-order valence-electron chi connectivity index (χ3n) is 2.75. The van der Waals surface area contributed by atoms with E-state index in [1.165, 1.54) is 0 Å². The van der Waals surface area contributed by atoms with Crippen LogP contribution in [0.2, 0.25) is 5.02 Å². The van der Waals surface area contributed by atoms with Crippen molar-refractivity contribution in [3.63, 3.8) is 0 Å². The van der Waals surface area contributed by atoms with Crippen molar-refractivity contribution in [1.82, 2.24) is 0 Å². The molecule has 0 spiro atoms. The second-order valence-electron chi connectivity index (χ2n) is 4.17. The molecule has 3 nitrogen and oxygen atoms in total. The van der Waals surface area contributed by atoms with Crippen LogP contribution in [0.15, 0.2) is 42.5 Å². The predicted molar refractivity (Wildman–Crippen MR) is 89.3 cm³/mol. The zero-order valence-electron chi connectivity index (χ0n) is 10.8. The van der Waals surface area contributed by atoms with E-state index in [2.05, 4.69) is 27.9 Å². The fourth-order valence-corrected chi connectivity index (χ4v) is 2.27. The van der Waals surface area contributed by atoms with Gasteiger partial charge in [0.2, 0.25) is 0 Å². The molecule has 2 aromatic carbocycles. The summed E-state index contributed by atoms with van der Waals surface area (Å²) >= 11 is 8.16. The van der Waals surface area contributed by atoms with Gasteiger partial charge in [-0.2, -0.15) is 0 Å². The number of ether oxygens (including phenoxy) is 1. The molecule has 0 aliphatic carbocycles. The molecular formula is C15H13ClINO2. The molecule has 0 saturated carbocycles. The fraction of sp³-hybridized carbons (Fsp3) is 0.133. The average Bonchev–Trinajstić information content (AvgIpc) is 2.44. The number of nitrogens with one attached hydrogen (secondary N) is 1. The number of halogens is 2. The number of rotatable bonds is 4.